The van der Waals surface area contributed by atoms with Gasteiger partial charge < -0.3 is 0 Å². The Balaban J connectivity index is 2.44. The van der Waals surface area contributed by atoms with E-state index >= 15 is 0 Å². The lowest BCUT2D eigenvalue weighted by atomic mass is 9.87. The van der Waals surface area contributed by atoms with Crippen molar-refractivity contribution in [1.29, 1.82) is 0 Å². The van der Waals surface area contributed by atoms with Crippen molar-refractivity contribution < 1.29 is 0 Å². The molecule has 1 aromatic rings. The molecule has 0 N–H and O–H groups in total. The maximum Gasteiger partial charge on any atom is 0.0412 e. The van der Waals surface area contributed by atoms with E-state index in [1.165, 1.54) is 42.4 Å². The van der Waals surface area contributed by atoms with Crippen LogP contribution < -0.4 is 0 Å². The first kappa shape index (κ1) is 11.7. The highest BCUT2D eigenvalue weighted by Crippen LogP contribution is 2.33. The van der Waals surface area contributed by atoms with Crippen LogP contribution in [0.15, 0.2) is 24.3 Å². The summed E-state index contributed by atoms with van der Waals surface area (Å²) >= 11 is 6.11. The Morgan fingerprint density at radius 3 is 2.62 bits per heavy atom. The molecule has 0 atom stereocenters. The fourth-order valence-electron chi connectivity index (χ4n) is 2.39. The standard InChI is InChI=1S/C15H19Cl/c1-11(2)14-9-8-13(16)10-15(14)12-6-4-3-5-7-12/h6,8-11H,3-5,7H2,1-2H3. The molecule has 0 bridgehead atoms. The third-order valence-electron chi connectivity index (χ3n) is 3.27. The quantitative estimate of drug-likeness (QED) is 0.641. The normalized spacial score (nSPS) is 16.4. The molecule has 1 aromatic carbocycles. The van der Waals surface area contributed by atoms with Crippen LogP contribution in [0.3, 0.4) is 0 Å². The predicted molar refractivity (Wildman–Crippen MR) is 72.0 cm³/mol. The van der Waals surface area contributed by atoms with Crippen LogP contribution in [0.2, 0.25) is 5.02 Å². The minimum atomic E-state index is 0.565. The molecule has 0 nitrogen and oxygen atoms in total. The molecule has 1 aliphatic carbocycles. The summed E-state index contributed by atoms with van der Waals surface area (Å²) in [7, 11) is 0. The topological polar surface area (TPSA) is 0 Å². The number of hydrogen-bond acceptors (Lipinski definition) is 0. The van der Waals surface area contributed by atoms with Crippen LogP contribution in [0.1, 0.15) is 56.6 Å². The van der Waals surface area contributed by atoms with Gasteiger partial charge in [0.2, 0.25) is 0 Å². The summed E-state index contributed by atoms with van der Waals surface area (Å²) in [6.07, 6.45) is 7.47. The number of allylic oxidation sites excluding steroid dienone is 2. The Bertz CT molecular complexity index is 402. The lowest BCUT2D eigenvalue weighted by molar-refractivity contribution is 0.739. The molecule has 0 aromatic heterocycles. The van der Waals surface area contributed by atoms with Gasteiger partial charge in [0.25, 0.3) is 0 Å². The van der Waals surface area contributed by atoms with Crippen molar-refractivity contribution in [2.45, 2.75) is 45.4 Å². The maximum absolute atomic E-state index is 6.11. The van der Waals surface area contributed by atoms with Crippen molar-refractivity contribution in [3.05, 3.63) is 40.4 Å². The minimum Gasteiger partial charge on any atom is -0.0843 e. The Kier molecular flexibility index (Phi) is 3.70. The average Bonchev–Trinajstić information content (AvgIpc) is 2.29. The third-order valence-corrected chi connectivity index (χ3v) is 3.51. The first-order chi connectivity index (χ1) is 7.68. The van der Waals surface area contributed by atoms with Crippen LogP contribution in [0.5, 0.6) is 0 Å². The third kappa shape index (κ3) is 2.49. The van der Waals surface area contributed by atoms with E-state index < -0.39 is 0 Å². The summed E-state index contributed by atoms with van der Waals surface area (Å²) in [6.45, 7) is 4.49. The van der Waals surface area contributed by atoms with Gasteiger partial charge in [-0.15, -0.1) is 0 Å². The Labute approximate surface area is 103 Å². The number of rotatable bonds is 2. The average molecular weight is 235 g/mol. The molecule has 0 unspecified atom stereocenters. The van der Waals surface area contributed by atoms with Crippen LogP contribution in [-0.2, 0) is 0 Å². The second-order valence-corrected chi connectivity index (χ2v) is 5.30. The Hall–Kier alpha value is -0.750. The van der Waals surface area contributed by atoms with Crippen molar-refractivity contribution in [2.24, 2.45) is 0 Å². The van der Waals surface area contributed by atoms with Crippen LogP contribution >= 0.6 is 11.6 Å². The molecule has 1 heteroatoms. The molecule has 0 amide bonds. The van der Waals surface area contributed by atoms with Crippen LogP contribution in [0.25, 0.3) is 5.57 Å². The van der Waals surface area contributed by atoms with Gasteiger partial charge in [-0.3, -0.25) is 0 Å². The molecule has 0 fully saturated rings. The van der Waals surface area contributed by atoms with E-state index in [1.807, 2.05) is 6.07 Å². The van der Waals surface area contributed by atoms with Gasteiger partial charge in [0.15, 0.2) is 0 Å². The molecule has 0 aliphatic heterocycles. The van der Waals surface area contributed by atoms with Gasteiger partial charge in [-0.2, -0.15) is 0 Å². The summed E-state index contributed by atoms with van der Waals surface area (Å²) in [5, 5.41) is 0.853. The fraction of sp³-hybridized carbons (Fsp3) is 0.467. The van der Waals surface area contributed by atoms with E-state index in [9.17, 15) is 0 Å². The molecule has 2 rings (SSSR count). The first-order valence-electron chi connectivity index (χ1n) is 6.17. The summed E-state index contributed by atoms with van der Waals surface area (Å²) in [5.74, 6) is 0.565. The summed E-state index contributed by atoms with van der Waals surface area (Å²) in [5.41, 5.74) is 4.30. The van der Waals surface area contributed by atoms with E-state index in [4.69, 9.17) is 11.6 Å². The lowest BCUT2D eigenvalue weighted by Crippen LogP contribution is -1.99. The second kappa shape index (κ2) is 5.05. The van der Waals surface area contributed by atoms with Gasteiger partial charge in [0.1, 0.15) is 0 Å². The zero-order valence-corrected chi connectivity index (χ0v) is 10.8. The van der Waals surface area contributed by atoms with Gasteiger partial charge in [-0.05, 0) is 60.4 Å². The van der Waals surface area contributed by atoms with Gasteiger partial charge in [-0.25, -0.2) is 0 Å². The molecule has 0 radical (unpaired) electrons. The van der Waals surface area contributed by atoms with E-state index in [0.29, 0.717) is 5.92 Å². The van der Waals surface area contributed by atoms with E-state index in [1.54, 1.807) is 0 Å². The van der Waals surface area contributed by atoms with Gasteiger partial charge in [0, 0.05) is 5.02 Å². The molecule has 86 valence electrons. The van der Waals surface area contributed by atoms with Crippen LogP contribution in [0, 0.1) is 0 Å². The minimum absolute atomic E-state index is 0.565. The lowest BCUT2D eigenvalue weighted by Gasteiger charge is -2.19. The smallest absolute Gasteiger partial charge is 0.0412 e. The molecule has 0 saturated carbocycles. The van der Waals surface area contributed by atoms with Gasteiger partial charge >= 0.3 is 0 Å². The second-order valence-electron chi connectivity index (χ2n) is 4.86. The van der Waals surface area contributed by atoms with E-state index in [0.717, 1.165) is 5.02 Å². The van der Waals surface area contributed by atoms with Crippen molar-refractivity contribution in [3.63, 3.8) is 0 Å². The fourth-order valence-corrected chi connectivity index (χ4v) is 2.56. The summed E-state index contributed by atoms with van der Waals surface area (Å²) < 4.78 is 0. The molecular weight excluding hydrogens is 216 g/mol. The highest BCUT2D eigenvalue weighted by atomic mass is 35.5. The van der Waals surface area contributed by atoms with Crippen molar-refractivity contribution >= 4 is 17.2 Å². The zero-order chi connectivity index (χ0) is 11.5. The Morgan fingerprint density at radius 1 is 1.19 bits per heavy atom. The molecular formula is C15H19Cl. The number of hydrogen-bond donors (Lipinski definition) is 0. The van der Waals surface area contributed by atoms with E-state index in [-0.39, 0.29) is 0 Å². The molecule has 1 aliphatic rings. The molecule has 0 saturated heterocycles. The van der Waals surface area contributed by atoms with Gasteiger partial charge in [0.05, 0.1) is 0 Å². The molecule has 0 heterocycles. The van der Waals surface area contributed by atoms with E-state index in [2.05, 4.69) is 32.1 Å². The van der Waals surface area contributed by atoms with Crippen LogP contribution in [-0.4, -0.2) is 0 Å². The van der Waals surface area contributed by atoms with Gasteiger partial charge in [-0.1, -0.05) is 37.6 Å². The number of benzene rings is 1. The zero-order valence-electron chi connectivity index (χ0n) is 10.1. The largest absolute Gasteiger partial charge is 0.0843 e. The maximum atomic E-state index is 6.11. The first-order valence-corrected chi connectivity index (χ1v) is 6.55. The summed E-state index contributed by atoms with van der Waals surface area (Å²) in [6, 6.07) is 6.32. The highest BCUT2D eigenvalue weighted by Gasteiger charge is 2.13. The van der Waals surface area contributed by atoms with Crippen molar-refractivity contribution in [1.82, 2.24) is 0 Å². The van der Waals surface area contributed by atoms with Crippen LogP contribution in [0.4, 0.5) is 0 Å². The molecule has 16 heavy (non-hydrogen) atoms. The Morgan fingerprint density at radius 2 is 2.00 bits per heavy atom. The van der Waals surface area contributed by atoms with Crippen molar-refractivity contribution in [3.8, 4) is 0 Å². The SMILES string of the molecule is CC(C)c1ccc(Cl)cc1C1=CCCCC1. The highest BCUT2D eigenvalue weighted by molar-refractivity contribution is 6.30. The summed E-state index contributed by atoms with van der Waals surface area (Å²) in [4.78, 5) is 0. The predicted octanol–water partition coefficient (Wildman–Crippen LogP) is 5.42. The van der Waals surface area contributed by atoms with Crippen molar-refractivity contribution in [2.75, 3.05) is 0 Å². The number of halogens is 1. The monoisotopic (exact) mass is 234 g/mol. The molecule has 0 spiro atoms.